The average molecular weight is 268 g/mol. The molecule has 1 atom stereocenters. The van der Waals surface area contributed by atoms with Crippen molar-refractivity contribution in [3.8, 4) is 0 Å². The number of hydrogen-bond donors (Lipinski definition) is 1. The van der Waals surface area contributed by atoms with Gasteiger partial charge in [0.1, 0.15) is 6.10 Å². The third-order valence-electron chi connectivity index (χ3n) is 2.51. The molecule has 0 radical (unpaired) electrons. The molecule has 0 spiro atoms. The Morgan fingerprint density at radius 1 is 1.50 bits per heavy atom. The Kier molecular flexibility index (Phi) is 4.30. The maximum Gasteiger partial charge on any atom is 0.257 e. The lowest BCUT2D eigenvalue weighted by Crippen LogP contribution is -2.14. The van der Waals surface area contributed by atoms with Crippen molar-refractivity contribution in [2.24, 2.45) is 5.73 Å². The highest BCUT2D eigenvalue weighted by molar-refractivity contribution is 6.30. The van der Waals surface area contributed by atoms with Crippen molar-refractivity contribution in [2.45, 2.75) is 12.5 Å². The maximum absolute atomic E-state index is 5.91. The van der Waals surface area contributed by atoms with Gasteiger partial charge in [-0.25, -0.2) is 0 Å². The predicted octanol–water partition coefficient (Wildman–Crippen LogP) is 1.96. The van der Waals surface area contributed by atoms with E-state index in [1.54, 1.807) is 7.11 Å². The van der Waals surface area contributed by atoms with Gasteiger partial charge < -0.3 is 15.0 Å². The summed E-state index contributed by atoms with van der Waals surface area (Å²) in [4.78, 5) is 4.25. The van der Waals surface area contributed by atoms with Crippen LogP contribution in [-0.4, -0.2) is 23.8 Å². The van der Waals surface area contributed by atoms with Gasteiger partial charge in [-0.3, -0.25) is 0 Å². The molecule has 2 N–H and O–H groups in total. The minimum Gasteiger partial charge on any atom is -0.370 e. The van der Waals surface area contributed by atoms with Gasteiger partial charge in [0.2, 0.25) is 0 Å². The predicted molar refractivity (Wildman–Crippen MR) is 67.4 cm³/mol. The first kappa shape index (κ1) is 13.0. The van der Waals surface area contributed by atoms with Crippen LogP contribution in [0.1, 0.15) is 23.4 Å². The van der Waals surface area contributed by atoms with Gasteiger partial charge in [-0.2, -0.15) is 4.98 Å². The van der Waals surface area contributed by atoms with Crippen molar-refractivity contribution in [1.29, 1.82) is 0 Å². The highest BCUT2D eigenvalue weighted by atomic mass is 35.5. The number of nitrogens with two attached hydrogens (primary N) is 1. The number of hydrogen-bond acceptors (Lipinski definition) is 5. The summed E-state index contributed by atoms with van der Waals surface area (Å²) in [5.74, 6) is 0.986. The van der Waals surface area contributed by atoms with Crippen LogP contribution in [0.15, 0.2) is 28.8 Å². The van der Waals surface area contributed by atoms with E-state index in [0.29, 0.717) is 29.7 Å². The highest BCUT2D eigenvalue weighted by Gasteiger charge is 2.16. The smallest absolute Gasteiger partial charge is 0.257 e. The minimum atomic E-state index is -0.356. The highest BCUT2D eigenvalue weighted by Crippen LogP contribution is 2.16. The molecular formula is C12H14ClN3O2. The topological polar surface area (TPSA) is 74.2 Å². The lowest BCUT2D eigenvalue weighted by Gasteiger charge is -2.05. The largest absolute Gasteiger partial charge is 0.370 e. The zero-order chi connectivity index (χ0) is 13.0. The molecule has 18 heavy (non-hydrogen) atoms. The SMILES string of the molecule is COC(CN)c1nc(Cc2cccc(Cl)c2)no1. The Balaban J connectivity index is 2.11. The monoisotopic (exact) mass is 267 g/mol. The summed E-state index contributed by atoms with van der Waals surface area (Å²) >= 11 is 5.91. The van der Waals surface area contributed by atoms with Crippen molar-refractivity contribution in [3.63, 3.8) is 0 Å². The molecule has 0 aliphatic carbocycles. The number of ether oxygens (including phenoxy) is 1. The Bertz CT molecular complexity index is 512. The normalized spacial score (nSPS) is 12.6. The van der Waals surface area contributed by atoms with E-state index >= 15 is 0 Å². The molecule has 0 amide bonds. The van der Waals surface area contributed by atoms with Crippen LogP contribution in [0.2, 0.25) is 5.02 Å². The molecular weight excluding hydrogens is 254 g/mol. The molecule has 1 aromatic heterocycles. The standard InChI is InChI=1S/C12H14ClN3O2/c1-17-10(7-14)12-15-11(16-18-12)6-8-3-2-4-9(13)5-8/h2-5,10H,6-7,14H2,1H3. The first-order chi connectivity index (χ1) is 8.72. The zero-order valence-electron chi connectivity index (χ0n) is 9.97. The van der Waals surface area contributed by atoms with E-state index in [2.05, 4.69) is 10.1 Å². The van der Waals surface area contributed by atoms with Crippen LogP contribution in [0.5, 0.6) is 0 Å². The van der Waals surface area contributed by atoms with E-state index in [-0.39, 0.29) is 6.10 Å². The van der Waals surface area contributed by atoms with Gasteiger partial charge in [-0.1, -0.05) is 28.9 Å². The Hall–Kier alpha value is -1.43. The van der Waals surface area contributed by atoms with Crippen molar-refractivity contribution >= 4 is 11.6 Å². The fraction of sp³-hybridized carbons (Fsp3) is 0.333. The van der Waals surface area contributed by atoms with Crippen LogP contribution < -0.4 is 5.73 Å². The van der Waals surface area contributed by atoms with E-state index < -0.39 is 0 Å². The van der Waals surface area contributed by atoms with E-state index in [1.807, 2.05) is 24.3 Å². The summed E-state index contributed by atoms with van der Waals surface area (Å²) in [7, 11) is 1.55. The van der Waals surface area contributed by atoms with E-state index in [1.165, 1.54) is 0 Å². The van der Waals surface area contributed by atoms with Gasteiger partial charge in [-0.05, 0) is 17.7 Å². The molecule has 0 saturated heterocycles. The second kappa shape index (κ2) is 5.95. The quantitative estimate of drug-likeness (QED) is 0.896. The summed E-state index contributed by atoms with van der Waals surface area (Å²) < 4.78 is 10.2. The van der Waals surface area contributed by atoms with Gasteiger partial charge in [0.05, 0.1) is 0 Å². The van der Waals surface area contributed by atoms with Crippen LogP contribution in [0.4, 0.5) is 0 Å². The molecule has 96 valence electrons. The van der Waals surface area contributed by atoms with Gasteiger partial charge in [0, 0.05) is 25.1 Å². The first-order valence-corrected chi connectivity index (χ1v) is 5.90. The van der Waals surface area contributed by atoms with Crippen molar-refractivity contribution in [1.82, 2.24) is 10.1 Å². The molecule has 1 unspecified atom stereocenters. The lowest BCUT2D eigenvalue weighted by molar-refractivity contribution is 0.0804. The fourth-order valence-electron chi connectivity index (χ4n) is 1.60. The van der Waals surface area contributed by atoms with Crippen LogP contribution in [0.3, 0.4) is 0 Å². The van der Waals surface area contributed by atoms with E-state index in [4.69, 9.17) is 26.6 Å². The van der Waals surface area contributed by atoms with Crippen LogP contribution in [0.25, 0.3) is 0 Å². The summed E-state index contributed by atoms with van der Waals surface area (Å²) in [6.45, 7) is 0.301. The zero-order valence-corrected chi connectivity index (χ0v) is 10.7. The number of benzene rings is 1. The number of aromatic nitrogens is 2. The molecule has 0 aliphatic heterocycles. The molecule has 0 saturated carbocycles. The molecule has 0 fully saturated rings. The summed E-state index contributed by atoms with van der Waals surface area (Å²) in [5.41, 5.74) is 6.55. The molecule has 6 heteroatoms. The van der Waals surface area contributed by atoms with Gasteiger partial charge in [0.15, 0.2) is 5.82 Å². The summed E-state index contributed by atoms with van der Waals surface area (Å²) in [6, 6.07) is 7.53. The van der Waals surface area contributed by atoms with Crippen molar-refractivity contribution in [3.05, 3.63) is 46.6 Å². The van der Waals surface area contributed by atoms with Crippen LogP contribution in [0, 0.1) is 0 Å². The molecule has 0 aliphatic rings. The summed E-state index contributed by atoms with van der Waals surface area (Å²) in [5, 5.41) is 4.58. The molecule has 1 heterocycles. The number of methoxy groups -OCH3 is 1. The average Bonchev–Trinajstić information content (AvgIpc) is 2.79. The van der Waals surface area contributed by atoms with Crippen molar-refractivity contribution in [2.75, 3.05) is 13.7 Å². The number of halogens is 1. The Labute approximate surface area is 110 Å². The second-order valence-corrected chi connectivity index (χ2v) is 4.25. The minimum absolute atomic E-state index is 0.301. The van der Waals surface area contributed by atoms with E-state index in [9.17, 15) is 0 Å². The molecule has 5 nitrogen and oxygen atoms in total. The van der Waals surface area contributed by atoms with E-state index in [0.717, 1.165) is 5.56 Å². The molecule has 2 aromatic rings. The second-order valence-electron chi connectivity index (χ2n) is 3.82. The third kappa shape index (κ3) is 3.07. The first-order valence-electron chi connectivity index (χ1n) is 5.52. The molecule has 2 rings (SSSR count). The summed E-state index contributed by atoms with van der Waals surface area (Å²) in [6.07, 6.45) is 0.205. The maximum atomic E-state index is 5.91. The Morgan fingerprint density at radius 2 is 2.33 bits per heavy atom. The fourth-order valence-corrected chi connectivity index (χ4v) is 1.81. The molecule has 1 aromatic carbocycles. The number of rotatable bonds is 5. The lowest BCUT2D eigenvalue weighted by atomic mass is 10.1. The third-order valence-corrected chi connectivity index (χ3v) is 2.74. The van der Waals surface area contributed by atoms with Crippen LogP contribution in [-0.2, 0) is 11.2 Å². The van der Waals surface area contributed by atoms with Gasteiger partial charge >= 0.3 is 0 Å². The molecule has 0 bridgehead atoms. The van der Waals surface area contributed by atoms with Gasteiger partial charge in [0.25, 0.3) is 5.89 Å². The van der Waals surface area contributed by atoms with Gasteiger partial charge in [-0.15, -0.1) is 0 Å². The van der Waals surface area contributed by atoms with Crippen LogP contribution >= 0.6 is 11.6 Å². The number of nitrogens with zero attached hydrogens (tertiary/aromatic N) is 2. The Morgan fingerprint density at radius 3 is 3.00 bits per heavy atom. The van der Waals surface area contributed by atoms with Crippen molar-refractivity contribution < 1.29 is 9.26 Å².